The molecule has 0 aliphatic heterocycles. The Morgan fingerprint density at radius 2 is 2.28 bits per heavy atom. The molecule has 0 aromatic carbocycles. The van der Waals surface area contributed by atoms with Gasteiger partial charge in [0.1, 0.15) is 0 Å². The number of hydrogen-bond acceptors (Lipinski definition) is 6. The summed E-state index contributed by atoms with van der Waals surface area (Å²) in [7, 11) is -1.96. The van der Waals surface area contributed by atoms with E-state index in [1.165, 1.54) is 11.4 Å². The van der Waals surface area contributed by atoms with E-state index in [1.807, 2.05) is 6.92 Å². The van der Waals surface area contributed by atoms with E-state index in [4.69, 9.17) is 0 Å². The van der Waals surface area contributed by atoms with Gasteiger partial charge in [-0.15, -0.1) is 0 Å². The molecule has 0 bridgehead atoms. The predicted molar refractivity (Wildman–Crippen MR) is 65.8 cm³/mol. The van der Waals surface area contributed by atoms with Crippen molar-refractivity contribution in [1.82, 2.24) is 24.5 Å². The third-order valence-electron chi connectivity index (χ3n) is 2.31. The molecule has 104 valence electrons. The third-order valence-corrected chi connectivity index (χ3v) is 3.82. The molecule has 0 saturated heterocycles. The first kappa shape index (κ1) is 15.0. The first-order valence-electron chi connectivity index (χ1n) is 5.73. The molecule has 1 heterocycles. The van der Waals surface area contributed by atoms with Crippen LogP contribution in [0.2, 0.25) is 0 Å². The van der Waals surface area contributed by atoms with Crippen molar-refractivity contribution >= 4 is 10.2 Å². The molecular formula is C9H19N5O3S. The van der Waals surface area contributed by atoms with Crippen molar-refractivity contribution in [3.63, 3.8) is 0 Å². The molecule has 9 heteroatoms. The Labute approximate surface area is 107 Å². The summed E-state index contributed by atoms with van der Waals surface area (Å²) in [4.78, 5) is 3.73. The van der Waals surface area contributed by atoms with Crippen LogP contribution in [-0.2, 0) is 16.8 Å². The average Bonchev–Trinajstić information content (AvgIpc) is 2.85. The van der Waals surface area contributed by atoms with Crippen LogP contribution in [0.3, 0.4) is 0 Å². The standard InChI is InChI=1S/C9H19N5O3S/c1-3-10-5-4-6-14(2)18(15,16)12-7-9-11-8-17-13-9/h8,10,12H,3-7H2,1-2H3. The molecule has 0 aliphatic carbocycles. The van der Waals surface area contributed by atoms with E-state index in [0.29, 0.717) is 12.4 Å². The van der Waals surface area contributed by atoms with Gasteiger partial charge in [-0.05, 0) is 19.5 Å². The second kappa shape index (κ2) is 7.41. The molecule has 1 aromatic heterocycles. The van der Waals surface area contributed by atoms with Crippen molar-refractivity contribution in [2.45, 2.75) is 19.9 Å². The zero-order chi connectivity index (χ0) is 13.4. The lowest BCUT2D eigenvalue weighted by Crippen LogP contribution is -2.39. The fraction of sp³-hybridized carbons (Fsp3) is 0.778. The second-order valence-electron chi connectivity index (χ2n) is 3.70. The lowest BCUT2D eigenvalue weighted by atomic mass is 10.4. The molecule has 1 rings (SSSR count). The average molecular weight is 277 g/mol. The van der Waals surface area contributed by atoms with Gasteiger partial charge in [-0.25, -0.2) is 0 Å². The van der Waals surface area contributed by atoms with Gasteiger partial charge >= 0.3 is 0 Å². The summed E-state index contributed by atoms with van der Waals surface area (Å²) in [6.45, 7) is 4.16. The molecule has 18 heavy (non-hydrogen) atoms. The largest absolute Gasteiger partial charge is 0.343 e. The molecular weight excluding hydrogens is 258 g/mol. The smallest absolute Gasteiger partial charge is 0.279 e. The minimum atomic E-state index is -3.49. The van der Waals surface area contributed by atoms with Crippen LogP contribution in [-0.4, -0.2) is 49.5 Å². The number of nitrogens with zero attached hydrogens (tertiary/aromatic N) is 3. The zero-order valence-corrected chi connectivity index (χ0v) is 11.4. The van der Waals surface area contributed by atoms with E-state index in [0.717, 1.165) is 25.9 Å². The third kappa shape index (κ3) is 5.08. The Bertz CT molecular complexity index is 419. The number of rotatable bonds is 9. The minimum Gasteiger partial charge on any atom is -0.343 e. The van der Waals surface area contributed by atoms with Gasteiger partial charge in [0.25, 0.3) is 10.2 Å². The van der Waals surface area contributed by atoms with Crippen molar-refractivity contribution in [3.05, 3.63) is 12.2 Å². The molecule has 0 aliphatic rings. The molecule has 0 saturated carbocycles. The van der Waals surface area contributed by atoms with Crippen LogP contribution in [0.1, 0.15) is 19.2 Å². The fourth-order valence-corrected chi connectivity index (χ4v) is 2.16. The van der Waals surface area contributed by atoms with Gasteiger partial charge < -0.3 is 9.84 Å². The normalized spacial score (nSPS) is 12.2. The van der Waals surface area contributed by atoms with Crippen molar-refractivity contribution in [2.24, 2.45) is 0 Å². The highest BCUT2D eigenvalue weighted by Crippen LogP contribution is 1.97. The van der Waals surface area contributed by atoms with E-state index >= 15 is 0 Å². The molecule has 1 aromatic rings. The maximum Gasteiger partial charge on any atom is 0.279 e. The summed E-state index contributed by atoms with van der Waals surface area (Å²) in [5.41, 5.74) is 0. The summed E-state index contributed by atoms with van der Waals surface area (Å²) >= 11 is 0. The van der Waals surface area contributed by atoms with Crippen LogP contribution < -0.4 is 10.0 Å². The molecule has 8 nitrogen and oxygen atoms in total. The molecule has 2 N–H and O–H groups in total. The zero-order valence-electron chi connectivity index (χ0n) is 10.6. The summed E-state index contributed by atoms with van der Waals surface area (Å²) in [5, 5.41) is 6.66. The Balaban J connectivity index is 2.33. The van der Waals surface area contributed by atoms with Gasteiger partial charge in [0.15, 0.2) is 5.82 Å². The fourth-order valence-electron chi connectivity index (χ4n) is 1.26. The number of hydrogen-bond donors (Lipinski definition) is 2. The monoisotopic (exact) mass is 277 g/mol. The molecule has 0 fully saturated rings. The van der Waals surface area contributed by atoms with Gasteiger partial charge in [0.05, 0.1) is 6.54 Å². The van der Waals surface area contributed by atoms with Gasteiger partial charge in [-0.2, -0.15) is 22.4 Å². The van der Waals surface area contributed by atoms with Crippen LogP contribution >= 0.6 is 0 Å². The summed E-state index contributed by atoms with van der Waals surface area (Å²) < 4.78 is 31.8. The molecule has 0 amide bonds. The first-order valence-corrected chi connectivity index (χ1v) is 7.17. The van der Waals surface area contributed by atoms with Crippen LogP contribution in [0.5, 0.6) is 0 Å². The van der Waals surface area contributed by atoms with Crippen molar-refractivity contribution < 1.29 is 12.9 Å². The van der Waals surface area contributed by atoms with Crippen molar-refractivity contribution in [3.8, 4) is 0 Å². The lowest BCUT2D eigenvalue weighted by molar-refractivity contribution is 0.407. The maximum absolute atomic E-state index is 11.8. The van der Waals surface area contributed by atoms with Gasteiger partial charge in [-0.3, -0.25) is 0 Å². The molecule has 0 atom stereocenters. The van der Waals surface area contributed by atoms with Crippen molar-refractivity contribution in [2.75, 3.05) is 26.7 Å². The van der Waals surface area contributed by atoms with Crippen LogP contribution in [0.15, 0.2) is 10.9 Å². The van der Waals surface area contributed by atoms with E-state index in [2.05, 4.69) is 24.7 Å². The molecule has 0 unspecified atom stereocenters. The van der Waals surface area contributed by atoms with E-state index in [1.54, 1.807) is 0 Å². The summed E-state index contributed by atoms with van der Waals surface area (Å²) in [6, 6.07) is 0. The highest BCUT2D eigenvalue weighted by molar-refractivity contribution is 7.87. The Morgan fingerprint density at radius 3 is 2.89 bits per heavy atom. The Hall–Kier alpha value is -1.03. The summed E-state index contributed by atoms with van der Waals surface area (Å²) in [5.74, 6) is 0.305. The minimum absolute atomic E-state index is 0.0242. The van der Waals surface area contributed by atoms with Crippen LogP contribution in [0, 0.1) is 0 Å². The Kier molecular flexibility index (Phi) is 6.19. The topological polar surface area (TPSA) is 100 Å². The first-order chi connectivity index (χ1) is 8.56. The van der Waals surface area contributed by atoms with E-state index in [9.17, 15) is 8.42 Å². The predicted octanol–water partition coefficient (Wildman–Crippen LogP) is -0.665. The molecule has 0 radical (unpaired) electrons. The van der Waals surface area contributed by atoms with Gasteiger partial charge in [0, 0.05) is 13.6 Å². The Morgan fingerprint density at radius 1 is 1.50 bits per heavy atom. The molecule has 0 spiro atoms. The SMILES string of the molecule is CCNCCCN(C)S(=O)(=O)NCc1ncon1. The highest BCUT2D eigenvalue weighted by atomic mass is 32.2. The maximum atomic E-state index is 11.8. The second-order valence-corrected chi connectivity index (χ2v) is 5.56. The van der Waals surface area contributed by atoms with Crippen LogP contribution in [0.4, 0.5) is 0 Å². The number of nitrogens with one attached hydrogen (secondary N) is 2. The van der Waals surface area contributed by atoms with E-state index < -0.39 is 10.2 Å². The van der Waals surface area contributed by atoms with Crippen molar-refractivity contribution in [1.29, 1.82) is 0 Å². The lowest BCUT2D eigenvalue weighted by Gasteiger charge is -2.16. The van der Waals surface area contributed by atoms with Gasteiger partial charge in [-0.1, -0.05) is 12.1 Å². The van der Waals surface area contributed by atoms with E-state index in [-0.39, 0.29) is 6.54 Å². The number of aromatic nitrogens is 2. The highest BCUT2D eigenvalue weighted by Gasteiger charge is 2.17. The van der Waals surface area contributed by atoms with Crippen LogP contribution in [0.25, 0.3) is 0 Å². The quantitative estimate of drug-likeness (QED) is 0.581. The van der Waals surface area contributed by atoms with Gasteiger partial charge in [0.2, 0.25) is 6.39 Å². The summed E-state index contributed by atoms with van der Waals surface area (Å²) in [6.07, 6.45) is 1.91.